The lowest BCUT2D eigenvalue weighted by Crippen LogP contribution is -2.59. The summed E-state index contributed by atoms with van der Waals surface area (Å²) < 4.78 is 31.7. The fourth-order valence-corrected chi connectivity index (χ4v) is 6.46. The molecule has 196 valence electrons. The van der Waals surface area contributed by atoms with E-state index in [1.165, 1.54) is 48.8 Å². The van der Waals surface area contributed by atoms with Crippen molar-refractivity contribution in [2.45, 2.75) is 82.3 Å². The van der Waals surface area contributed by atoms with Crippen LogP contribution in [0.2, 0.25) is 0 Å². The van der Waals surface area contributed by atoms with Crippen molar-refractivity contribution < 1.29 is 28.2 Å². The van der Waals surface area contributed by atoms with Crippen LogP contribution in [0.3, 0.4) is 0 Å². The first-order chi connectivity index (χ1) is 16.8. The number of anilines is 2. The van der Waals surface area contributed by atoms with Gasteiger partial charge in [0.1, 0.15) is 5.75 Å². The summed E-state index contributed by atoms with van der Waals surface area (Å²) in [4.78, 5) is 8.90. The number of rotatable bonds is 2. The third-order valence-electron chi connectivity index (χ3n) is 8.01. The van der Waals surface area contributed by atoms with E-state index < -0.39 is 12.1 Å². The second-order valence-corrected chi connectivity index (χ2v) is 11.3. The van der Waals surface area contributed by atoms with Crippen LogP contribution in [0.15, 0.2) is 36.4 Å². The number of para-hydroxylation sites is 1. The number of alkyl halides is 3. The highest BCUT2D eigenvalue weighted by atomic mass is 19.4. The first-order valence-corrected chi connectivity index (χ1v) is 12.6. The van der Waals surface area contributed by atoms with Gasteiger partial charge in [-0.15, -0.1) is 0 Å². The SMILES string of the molecule is CC(C)(C)c1ccccc1Nc1cc2c(cc1O)[C@]13CCCC[C@@H]1[C@H](C2)NCC3.O=C(O)C(F)(F)F. The number of piperidine rings is 1. The van der Waals surface area contributed by atoms with E-state index in [9.17, 15) is 18.3 Å². The molecule has 3 atom stereocenters. The van der Waals surface area contributed by atoms with Gasteiger partial charge in [0.2, 0.25) is 0 Å². The molecule has 1 saturated carbocycles. The summed E-state index contributed by atoms with van der Waals surface area (Å²) in [7, 11) is 0. The standard InChI is InChI=1S/C26H34N2O.C2HF3O2/c1-25(2,3)18-8-4-5-10-21(18)28-23-15-17-14-22-19-9-6-7-11-26(19,12-13-27-22)20(17)16-24(23)29;3-2(4,5)1(6)7/h4-5,8,10,15-16,19,22,27-29H,6-7,9,11-14H2,1-3H3;(H,6,7)/t19-,22+,26+;/m1./s1. The highest BCUT2D eigenvalue weighted by Crippen LogP contribution is 2.55. The Morgan fingerprint density at radius 1 is 1.08 bits per heavy atom. The van der Waals surface area contributed by atoms with Gasteiger partial charge in [-0.05, 0) is 78.5 Å². The second kappa shape index (κ2) is 9.61. The van der Waals surface area contributed by atoms with Gasteiger partial charge in [-0.3, -0.25) is 0 Å². The van der Waals surface area contributed by atoms with Crippen molar-refractivity contribution in [1.82, 2.24) is 5.32 Å². The number of halogens is 3. The molecule has 5 nitrogen and oxygen atoms in total. The van der Waals surface area contributed by atoms with Gasteiger partial charge < -0.3 is 20.8 Å². The molecule has 2 aromatic carbocycles. The Morgan fingerprint density at radius 2 is 1.78 bits per heavy atom. The van der Waals surface area contributed by atoms with Gasteiger partial charge in [-0.25, -0.2) is 4.79 Å². The smallest absolute Gasteiger partial charge is 0.490 e. The minimum absolute atomic E-state index is 0.0443. The molecule has 0 aromatic heterocycles. The maximum absolute atomic E-state index is 11.0. The zero-order chi connectivity index (χ0) is 26.3. The molecule has 2 fully saturated rings. The Hall–Kier alpha value is -2.74. The minimum atomic E-state index is -5.08. The van der Waals surface area contributed by atoms with Gasteiger partial charge in [-0.2, -0.15) is 13.2 Å². The number of hydrogen-bond acceptors (Lipinski definition) is 4. The van der Waals surface area contributed by atoms with E-state index in [-0.39, 0.29) is 10.8 Å². The zero-order valence-corrected chi connectivity index (χ0v) is 21.0. The highest BCUT2D eigenvalue weighted by molar-refractivity contribution is 5.73. The number of nitrogens with one attached hydrogen (secondary N) is 2. The number of fused-ring (bicyclic) bond motifs is 1. The lowest BCUT2D eigenvalue weighted by molar-refractivity contribution is -0.192. The van der Waals surface area contributed by atoms with E-state index in [2.05, 4.69) is 67.8 Å². The molecule has 1 saturated heterocycles. The van der Waals surface area contributed by atoms with Gasteiger partial charge in [-0.1, -0.05) is 51.8 Å². The van der Waals surface area contributed by atoms with Crippen molar-refractivity contribution in [3.8, 4) is 5.75 Å². The number of benzene rings is 2. The van der Waals surface area contributed by atoms with E-state index >= 15 is 0 Å². The van der Waals surface area contributed by atoms with Crippen LogP contribution in [-0.4, -0.2) is 34.9 Å². The molecule has 0 radical (unpaired) electrons. The number of hydrogen-bond donors (Lipinski definition) is 4. The van der Waals surface area contributed by atoms with Gasteiger partial charge in [0.05, 0.1) is 5.69 Å². The van der Waals surface area contributed by atoms with Crippen LogP contribution in [0.4, 0.5) is 24.5 Å². The van der Waals surface area contributed by atoms with Gasteiger partial charge in [0.25, 0.3) is 0 Å². The number of phenols is 1. The van der Waals surface area contributed by atoms with Crippen molar-refractivity contribution in [2.75, 3.05) is 11.9 Å². The van der Waals surface area contributed by atoms with Crippen LogP contribution in [0.5, 0.6) is 5.75 Å². The summed E-state index contributed by atoms with van der Waals surface area (Å²) in [5, 5.41) is 25.5. The summed E-state index contributed by atoms with van der Waals surface area (Å²) in [6.07, 6.45) is 2.49. The summed E-state index contributed by atoms with van der Waals surface area (Å²) in [5.74, 6) is -1.63. The molecule has 2 aromatic rings. The average Bonchev–Trinajstić information content (AvgIpc) is 2.80. The molecule has 0 unspecified atom stereocenters. The predicted octanol–water partition coefficient (Wildman–Crippen LogP) is 6.41. The maximum Gasteiger partial charge on any atom is 0.490 e. The summed E-state index contributed by atoms with van der Waals surface area (Å²) >= 11 is 0. The van der Waals surface area contributed by atoms with Crippen LogP contribution < -0.4 is 10.6 Å². The second-order valence-electron chi connectivity index (χ2n) is 11.3. The Balaban J connectivity index is 0.000000384. The number of phenolic OH excluding ortho intramolecular Hbond substituents is 1. The fourth-order valence-electron chi connectivity index (χ4n) is 6.46. The van der Waals surface area contributed by atoms with Gasteiger partial charge in [0, 0.05) is 17.1 Å². The Kier molecular flexibility index (Phi) is 7.03. The molecule has 3 aliphatic rings. The number of carboxylic acid groups (broad SMARTS) is 1. The lowest BCUT2D eigenvalue weighted by Gasteiger charge is -2.56. The third kappa shape index (κ3) is 5.05. The Labute approximate surface area is 210 Å². The molecule has 0 spiro atoms. The van der Waals surface area contributed by atoms with Crippen molar-refractivity contribution >= 4 is 17.3 Å². The molecular formula is C28H35F3N2O3. The maximum atomic E-state index is 11.0. The van der Waals surface area contributed by atoms with Crippen molar-refractivity contribution in [2.24, 2.45) is 5.92 Å². The highest BCUT2D eigenvalue weighted by Gasteiger charge is 2.51. The number of aromatic hydroxyl groups is 1. The number of carboxylic acids is 1. The monoisotopic (exact) mass is 504 g/mol. The number of carbonyl (C=O) groups is 1. The molecule has 1 aliphatic heterocycles. The van der Waals surface area contributed by atoms with Crippen LogP contribution in [0.1, 0.15) is 69.6 Å². The van der Waals surface area contributed by atoms with Crippen molar-refractivity contribution in [3.05, 3.63) is 53.1 Å². The molecule has 36 heavy (non-hydrogen) atoms. The van der Waals surface area contributed by atoms with Crippen LogP contribution in [0.25, 0.3) is 0 Å². The summed E-state index contributed by atoms with van der Waals surface area (Å²) in [5.41, 5.74) is 6.37. The fraction of sp³-hybridized carbons (Fsp3) is 0.536. The van der Waals surface area contributed by atoms with Gasteiger partial charge >= 0.3 is 12.1 Å². The Bertz CT molecular complexity index is 1120. The molecule has 5 rings (SSSR count). The minimum Gasteiger partial charge on any atom is -0.506 e. The number of aliphatic carboxylic acids is 1. The average molecular weight is 505 g/mol. The van der Waals surface area contributed by atoms with E-state index in [4.69, 9.17) is 9.90 Å². The summed E-state index contributed by atoms with van der Waals surface area (Å²) in [6, 6.07) is 13.4. The Morgan fingerprint density at radius 3 is 2.44 bits per heavy atom. The van der Waals surface area contributed by atoms with E-state index in [0.29, 0.717) is 11.8 Å². The van der Waals surface area contributed by atoms with Crippen molar-refractivity contribution in [3.63, 3.8) is 0 Å². The molecule has 1 heterocycles. The van der Waals surface area contributed by atoms with Crippen LogP contribution in [0, 0.1) is 5.92 Å². The first-order valence-electron chi connectivity index (χ1n) is 12.6. The van der Waals surface area contributed by atoms with Crippen molar-refractivity contribution in [1.29, 1.82) is 0 Å². The molecule has 2 bridgehead atoms. The predicted molar refractivity (Wildman–Crippen MR) is 134 cm³/mol. The van der Waals surface area contributed by atoms with Crippen LogP contribution >= 0.6 is 0 Å². The van der Waals surface area contributed by atoms with E-state index in [0.717, 1.165) is 30.3 Å². The third-order valence-corrected chi connectivity index (χ3v) is 8.01. The van der Waals surface area contributed by atoms with Crippen LogP contribution in [-0.2, 0) is 22.0 Å². The quantitative estimate of drug-likeness (QED) is 0.355. The molecule has 8 heteroatoms. The molecular weight excluding hydrogens is 469 g/mol. The first kappa shape index (κ1) is 26.3. The topological polar surface area (TPSA) is 81.6 Å². The van der Waals surface area contributed by atoms with Gasteiger partial charge in [0.15, 0.2) is 0 Å². The largest absolute Gasteiger partial charge is 0.506 e. The van der Waals surface area contributed by atoms with E-state index in [1.807, 2.05) is 0 Å². The molecule has 4 N–H and O–H groups in total. The summed E-state index contributed by atoms with van der Waals surface area (Å²) in [6.45, 7) is 7.81. The lowest BCUT2D eigenvalue weighted by atomic mass is 9.53. The molecule has 0 amide bonds. The van der Waals surface area contributed by atoms with E-state index in [1.54, 1.807) is 0 Å². The molecule has 2 aliphatic carbocycles. The normalized spacial score (nSPS) is 25.1. The zero-order valence-electron chi connectivity index (χ0n) is 21.0.